The zero-order valence-electron chi connectivity index (χ0n) is 8.62. The molecule has 0 fully saturated rings. The molecule has 5 heteroatoms. The van der Waals surface area contributed by atoms with Gasteiger partial charge in [-0.2, -0.15) is 4.39 Å². The van der Waals surface area contributed by atoms with Gasteiger partial charge in [-0.05, 0) is 18.6 Å². The number of hydrogen-bond donors (Lipinski definition) is 3. The fourth-order valence-electron chi connectivity index (χ4n) is 1.36. The number of hydrogen-bond acceptors (Lipinski definition) is 4. The zero-order valence-corrected chi connectivity index (χ0v) is 8.62. The van der Waals surface area contributed by atoms with Crippen LogP contribution in [-0.2, 0) is 0 Å². The highest BCUT2D eigenvalue weighted by Crippen LogP contribution is 2.35. The summed E-state index contributed by atoms with van der Waals surface area (Å²) in [4.78, 5) is 0. The van der Waals surface area contributed by atoms with Gasteiger partial charge in [-0.1, -0.05) is 0 Å². The summed E-state index contributed by atoms with van der Waals surface area (Å²) >= 11 is 0. The van der Waals surface area contributed by atoms with E-state index in [2.05, 4.69) is 0 Å². The molecule has 0 spiro atoms. The maximum absolute atomic E-state index is 13.5. The zero-order chi connectivity index (χ0) is 11.6. The quantitative estimate of drug-likeness (QED) is 0.698. The van der Waals surface area contributed by atoms with Crippen LogP contribution in [0.3, 0.4) is 0 Å². The lowest BCUT2D eigenvalue weighted by Gasteiger charge is -2.15. The summed E-state index contributed by atoms with van der Waals surface area (Å²) in [6.45, 7) is 1.49. The van der Waals surface area contributed by atoms with Crippen LogP contribution < -0.4 is 10.5 Å². The fourth-order valence-corrected chi connectivity index (χ4v) is 1.36. The van der Waals surface area contributed by atoms with Crippen LogP contribution in [0.2, 0.25) is 0 Å². The van der Waals surface area contributed by atoms with Crippen molar-refractivity contribution in [2.75, 3.05) is 13.7 Å². The van der Waals surface area contributed by atoms with Gasteiger partial charge in [0.05, 0.1) is 13.2 Å². The van der Waals surface area contributed by atoms with E-state index in [9.17, 15) is 14.6 Å². The number of nitrogens with two attached hydrogens (primary N) is 1. The van der Waals surface area contributed by atoms with Crippen LogP contribution in [0, 0.1) is 12.7 Å². The minimum Gasteiger partial charge on any atom is -0.505 e. The third-order valence-corrected chi connectivity index (χ3v) is 2.20. The number of phenolic OH excluding ortho intramolecular Hbond substituents is 1. The van der Waals surface area contributed by atoms with Gasteiger partial charge in [0.15, 0.2) is 11.5 Å². The molecule has 4 nitrogen and oxygen atoms in total. The van der Waals surface area contributed by atoms with Crippen molar-refractivity contribution < 1.29 is 19.3 Å². The SMILES string of the molecule is COc1c(C(O)CN)cc(C)c(O)c1F. The fraction of sp³-hybridized carbons (Fsp3) is 0.400. The molecular formula is C10H14FNO3. The van der Waals surface area contributed by atoms with Crippen LogP contribution in [0.5, 0.6) is 11.5 Å². The van der Waals surface area contributed by atoms with Crippen molar-refractivity contribution in [2.45, 2.75) is 13.0 Å². The number of methoxy groups -OCH3 is 1. The van der Waals surface area contributed by atoms with E-state index in [4.69, 9.17) is 10.5 Å². The van der Waals surface area contributed by atoms with Crippen molar-refractivity contribution in [3.63, 3.8) is 0 Å². The molecule has 1 aromatic rings. The van der Waals surface area contributed by atoms with Crippen molar-refractivity contribution >= 4 is 0 Å². The van der Waals surface area contributed by atoms with E-state index in [-0.39, 0.29) is 17.9 Å². The first-order valence-electron chi connectivity index (χ1n) is 4.47. The van der Waals surface area contributed by atoms with Crippen LogP contribution in [0.4, 0.5) is 4.39 Å². The Kier molecular flexibility index (Phi) is 3.49. The third-order valence-electron chi connectivity index (χ3n) is 2.20. The molecule has 0 saturated heterocycles. The molecular weight excluding hydrogens is 201 g/mol. The van der Waals surface area contributed by atoms with Crippen molar-refractivity contribution in [3.05, 3.63) is 23.0 Å². The highest BCUT2D eigenvalue weighted by Gasteiger charge is 2.20. The van der Waals surface area contributed by atoms with Crippen molar-refractivity contribution in [1.82, 2.24) is 0 Å². The number of benzene rings is 1. The molecule has 4 N–H and O–H groups in total. The Hall–Kier alpha value is -1.33. The average molecular weight is 215 g/mol. The second-order valence-corrected chi connectivity index (χ2v) is 3.23. The second-order valence-electron chi connectivity index (χ2n) is 3.23. The Morgan fingerprint density at radius 3 is 2.67 bits per heavy atom. The van der Waals surface area contributed by atoms with Crippen LogP contribution in [0.1, 0.15) is 17.2 Å². The highest BCUT2D eigenvalue weighted by molar-refractivity contribution is 5.48. The monoisotopic (exact) mass is 215 g/mol. The molecule has 84 valence electrons. The van der Waals surface area contributed by atoms with E-state index in [1.165, 1.54) is 20.1 Å². The molecule has 0 aliphatic carbocycles. The van der Waals surface area contributed by atoms with E-state index in [1.807, 2.05) is 0 Å². The second kappa shape index (κ2) is 4.46. The lowest BCUT2D eigenvalue weighted by atomic mass is 10.0. The van der Waals surface area contributed by atoms with Crippen molar-refractivity contribution in [1.29, 1.82) is 0 Å². The van der Waals surface area contributed by atoms with Gasteiger partial charge in [0.1, 0.15) is 0 Å². The summed E-state index contributed by atoms with van der Waals surface area (Å²) in [6, 6.07) is 1.45. The number of phenols is 1. The Bertz CT molecular complexity index is 368. The molecule has 0 bridgehead atoms. The maximum Gasteiger partial charge on any atom is 0.207 e. The number of aliphatic hydroxyl groups excluding tert-OH is 1. The number of ether oxygens (including phenoxy) is 1. The Morgan fingerprint density at radius 1 is 1.60 bits per heavy atom. The first-order valence-corrected chi connectivity index (χ1v) is 4.47. The third kappa shape index (κ3) is 2.03. The molecule has 15 heavy (non-hydrogen) atoms. The summed E-state index contributed by atoms with van der Waals surface area (Å²) in [5, 5.41) is 18.9. The molecule has 0 radical (unpaired) electrons. The molecule has 1 aromatic carbocycles. The van der Waals surface area contributed by atoms with Crippen molar-refractivity contribution in [3.8, 4) is 11.5 Å². The lowest BCUT2D eigenvalue weighted by Crippen LogP contribution is -2.13. The number of aliphatic hydroxyl groups is 1. The van der Waals surface area contributed by atoms with E-state index >= 15 is 0 Å². The normalized spacial score (nSPS) is 12.6. The summed E-state index contributed by atoms with van der Waals surface area (Å²) < 4.78 is 18.3. The van der Waals surface area contributed by atoms with Crippen LogP contribution in [-0.4, -0.2) is 23.9 Å². The summed E-state index contributed by atoms with van der Waals surface area (Å²) in [6.07, 6.45) is -1.01. The molecule has 1 rings (SSSR count). The number of rotatable bonds is 3. The summed E-state index contributed by atoms with van der Waals surface area (Å²) in [5.74, 6) is -1.52. The predicted octanol–water partition coefficient (Wildman–Crippen LogP) is 0.840. The summed E-state index contributed by atoms with van der Waals surface area (Å²) in [5.41, 5.74) is 5.85. The van der Waals surface area contributed by atoms with Gasteiger partial charge in [0, 0.05) is 12.1 Å². The molecule has 0 saturated carbocycles. The van der Waals surface area contributed by atoms with Crippen LogP contribution in [0.15, 0.2) is 6.07 Å². The van der Waals surface area contributed by atoms with Gasteiger partial charge in [-0.15, -0.1) is 0 Å². The average Bonchev–Trinajstić information content (AvgIpc) is 2.24. The lowest BCUT2D eigenvalue weighted by molar-refractivity contribution is 0.180. The predicted molar refractivity (Wildman–Crippen MR) is 53.4 cm³/mol. The standard InChI is InChI=1S/C10H14FNO3/c1-5-3-6(7(13)4-12)10(15-2)8(11)9(5)14/h3,7,13-14H,4,12H2,1-2H3. The largest absolute Gasteiger partial charge is 0.505 e. The van der Waals surface area contributed by atoms with Gasteiger partial charge >= 0.3 is 0 Å². The Morgan fingerprint density at radius 2 is 2.20 bits per heavy atom. The highest BCUT2D eigenvalue weighted by atomic mass is 19.1. The molecule has 0 aromatic heterocycles. The topological polar surface area (TPSA) is 75.7 Å². The van der Waals surface area contributed by atoms with E-state index in [0.717, 1.165) is 0 Å². The van der Waals surface area contributed by atoms with Gasteiger partial charge in [-0.25, -0.2) is 0 Å². The Labute approximate surface area is 87.1 Å². The van der Waals surface area contributed by atoms with Gasteiger partial charge in [0.25, 0.3) is 0 Å². The number of halogens is 1. The minimum atomic E-state index is -1.01. The molecule has 0 amide bonds. The smallest absolute Gasteiger partial charge is 0.207 e. The van der Waals surface area contributed by atoms with E-state index in [0.29, 0.717) is 5.56 Å². The molecule has 0 aliphatic rings. The van der Waals surface area contributed by atoms with Crippen molar-refractivity contribution in [2.24, 2.45) is 5.73 Å². The molecule has 0 heterocycles. The van der Waals surface area contributed by atoms with E-state index < -0.39 is 17.7 Å². The number of aryl methyl sites for hydroxylation is 1. The Balaban J connectivity index is 3.38. The molecule has 1 unspecified atom stereocenters. The minimum absolute atomic E-state index is 0.0417. The first kappa shape index (κ1) is 11.7. The van der Waals surface area contributed by atoms with Gasteiger partial charge in [0.2, 0.25) is 5.82 Å². The van der Waals surface area contributed by atoms with E-state index in [1.54, 1.807) is 0 Å². The first-order chi connectivity index (χ1) is 7.02. The van der Waals surface area contributed by atoms with Crippen LogP contribution >= 0.6 is 0 Å². The van der Waals surface area contributed by atoms with Gasteiger partial charge in [-0.3, -0.25) is 0 Å². The molecule has 0 aliphatic heterocycles. The van der Waals surface area contributed by atoms with Crippen LogP contribution in [0.25, 0.3) is 0 Å². The number of aromatic hydroxyl groups is 1. The van der Waals surface area contributed by atoms with Gasteiger partial charge < -0.3 is 20.7 Å². The molecule has 1 atom stereocenters. The summed E-state index contributed by atoms with van der Waals surface area (Å²) in [7, 11) is 1.26. The maximum atomic E-state index is 13.5.